The largest absolute Gasteiger partial charge is 2.00 e. The monoisotopic (exact) mass is 330 g/mol. The fourth-order valence-electron chi connectivity index (χ4n) is 0.653. The van der Waals surface area contributed by atoms with Crippen molar-refractivity contribution in [3.05, 3.63) is 42.0 Å². The van der Waals surface area contributed by atoms with Crippen LogP contribution in [0, 0.1) is 12.1 Å². The quantitative estimate of drug-likeness (QED) is 0.693. The molecule has 0 N–H and O–H groups in total. The fraction of sp³-hybridized carbons (Fsp3) is 0.273. The summed E-state index contributed by atoms with van der Waals surface area (Å²) in [6, 6.07) is 10.9. The Balaban J connectivity index is 0. The topological polar surface area (TPSA) is 0 Å². The Bertz CT molecular complexity index is 189. The van der Waals surface area contributed by atoms with Crippen molar-refractivity contribution in [2.24, 2.45) is 0 Å². The predicted molar refractivity (Wildman–Crippen MR) is 50.0 cm³/mol. The molecule has 0 unspecified atom stereocenters. The van der Waals surface area contributed by atoms with Crippen LogP contribution in [0.4, 0.5) is 0 Å². The molecule has 0 amide bonds. The molecular formula is C11H14W. The van der Waals surface area contributed by atoms with E-state index in [0.29, 0.717) is 0 Å². The van der Waals surface area contributed by atoms with Crippen molar-refractivity contribution in [3.8, 4) is 0 Å². The van der Waals surface area contributed by atoms with E-state index in [-0.39, 0.29) is 21.1 Å². The molecule has 1 aromatic rings. The number of allylic oxidation sites excluding steroid dienone is 1. The Labute approximate surface area is 90.0 Å². The van der Waals surface area contributed by atoms with Crippen LogP contribution in [0.2, 0.25) is 0 Å². The van der Waals surface area contributed by atoms with E-state index in [0.717, 1.165) is 5.56 Å². The van der Waals surface area contributed by atoms with E-state index >= 15 is 0 Å². The van der Waals surface area contributed by atoms with Gasteiger partial charge in [0.15, 0.2) is 0 Å². The summed E-state index contributed by atoms with van der Waals surface area (Å²) < 4.78 is 0. The van der Waals surface area contributed by atoms with Gasteiger partial charge in [0.2, 0.25) is 0 Å². The summed E-state index contributed by atoms with van der Waals surface area (Å²) in [5, 5.41) is 0. The minimum Gasteiger partial charge on any atom is -0.330 e. The summed E-state index contributed by atoms with van der Waals surface area (Å²) in [4.78, 5) is 0. The summed E-state index contributed by atoms with van der Waals surface area (Å²) in [7, 11) is 0. The average Bonchev–Trinajstić information content (AvgIpc) is 2.11. The van der Waals surface area contributed by atoms with Gasteiger partial charge in [-0.1, -0.05) is 13.8 Å². The SMILES string of the molecule is CC.C[C-]=Cc1[c-]cccc1.[W+2]. The standard InChI is InChI=1S/C9H8.C2H6.W/c1-2-6-9-7-4-3-5-8-9;1-2;/h3-7H,1H3;1-2H3;/q-2;;+2. The number of hydrogen-bond donors (Lipinski definition) is 0. The molecule has 0 aromatic heterocycles. The second kappa shape index (κ2) is 10.6. The Kier molecular flexibility index (Phi) is 12.6. The zero-order valence-electron chi connectivity index (χ0n) is 7.79. The zero-order valence-corrected chi connectivity index (χ0v) is 10.7. The molecule has 0 heterocycles. The second-order valence-electron chi connectivity index (χ2n) is 1.75. The molecule has 1 rings (SSSR count). The molecule has 12 heavy (non-hydrogen) atoms. The average molecular weight is 330 g/mol. The van der Waals surface area contributed by atoms with Crippen LogP contribution < -0.4 is 0 Å². The van der Waals surface area contributed by atoms with Gasteiger partial charge >= 0.3 is 21.1 Å². The van der Waals surface area contributed by atoms with Gasteiger partial charge in [-0.05, 0) is 0 Å². The van der Waals surface area contributed by atoms with E-state index in [1.54, 1.807) is 0 Å². The molecule has 0 radical (unpaired) electrons. The molecule has 0 aliphatic heterocycles. The molecule has 0 saturated heterocycles. The van der Waals surface area contributed by atoms with E-state index in [9.17, 15) is 0 Å². The van der Waals surface area contributed by atoms with E-state index in [2.05, 4.69) is 12.1 Å². The third kappa shape index (κ3) is 6.36. The van der Waals surface area contributed by atoms with Crippen LogP contribution in [0.15, 0.2) is 24.3 Å². The predicted octanol–water partition coefficient (Wildman–Crippen LogP) is 3.35. The minimum atomic E-state index is 0. The third-order valence-corrected chi connectivity index (χ3v) is 1.03. The van der Waals surface area contributed by atoms with Crippen molar-refractivity contribution in [2.45, 2.75) is 20.8 Å². The maximum atomic E-state index is 3.05. The van der Waals surface area contributed by atoms with Crippen LogP contribution in [-0.4, -0.2) is 0 Å². The van der Waals surface area contributed by atoms with Gasteiger partial charge in [-0.25, -0.2) is 12.1 Å². The molecular weight excluding hydrogens is 316 g/mol. The smallest absolute Gasteiger partial charge is 0.330 e. The van der Waals surface area contributed by atoms with Gasteiger partial charge in [0.1, 0.15) is 0 Å². The van der Waals surface area contributed by atoms with Crippen molar-refractivity contribution < 1.29 is 21.1 Å². The Hall–Kier alpha value is -0.352. The first kappa shape index (κ1) is 14.2. The maximum Gasteiger partial charge on any atom is 2.00 e. The fourth-order valence-corrected chi connectivity index (χ4v) is 0.653. The van der Waals surface area contributed by atoms with Crippen LogP contribution >= 0.6 is 0 Å². The van der Waals surface area contributed by atoms with Crippen LogP contribution in [0.25, 0.3) is 6.08 Å². The van der Waals surface area contributed by atoms with Gasteiger partial charge in [-0.15, -0.1) is 13.0 Å². The third-order valence-electron chi connectivity index (χ3n) is 1.03. The minimum absolute atomic E-state index is 0. The van der Waals surface area contributed by atoms with Crippen molar-refractivity contribution in [2.75, 3.05) is 0 Å². The van der Waals surface area contributed by atoms with Crippen molar-refractivity contribution in [1.82, 2.24) is 0 Å². The summed E-state index contributed by atoms with van der Waals surface area (Å²) >= 11 is 0. The number of benzene rings is 1. The molecule has 0 aliphatic carbocycles. The molecule has 0 spiro atoms. The molecule has 1 heteroatoms. The normalized spacial score (nSPS) is 8.25. The molecule has 0 bridgehead atoms. The molecule has 0 atom stereocenters. The van der Waals surface area contributed by atoms with Crippen molar-refractivity contribution in [3.63, 3.8) is 0 Å². The first-order chi connectivity index (χ1) is 5.43. The molecule has 0 aliphatic rings. The molecule has 64 valence electrons. The second-order valence-corrected chi connectivity index (χ2v) is 1.75. The first-order valence-corrected chi connectivity index (χ1v) is 3.90. The Morgan fingerprint density at radius 3 is 2.42 bits per heavy atom. The molecule has 1 aromatic carbocycles. The Morgan fingerprint density at radius 1 is 1.33 bits per heavy atom. The van der Waals surface area contributed by atoms with Crippen LogP contribution in [0.3, 0.4) is 0 Å². The van der Waals surface area contributed by atoms with E-state index in [1.807, 2.05) is 51.1 Å². The van der Waals surface area contributed by atoms with Crippen LogP contribution in [0.5, 0.6) is 0 Å². The summed E-state index contributed by atoms with van der Waals surface area (Å²) in [6.45, 7) is 5.88. The van der Waals surface area contributed by atoms with Gasteiger partial charge in [0.05, 0.1) is 0 Å². The van der Waals surface area contributed by atoms with Crippen LogP contribution in [-0.2, 0) is 21.1 Å². The van der Waals surface area contributed by atoms with Gasteiger partial charge in [0, 0.05) is 0 Å². The van der Waals surface area contributed by atoms with Crippen molar-refractivity contribution in [1.29, 1.82) is 0 Å². The van der Waals surface area contributed by atoms with E-state index in [1.165, 1.54) is 0 Å². The first-order valence-electron chi connectivity index (χ1n) is 3.90. The molecule has 0 nitrogen and oxygen atoms in total. The van der Waals surface area contributed by atoms with Gasteiger partial charge in [0.25, 0.3) is 0 Å². The van der Waals surface area contributed by atoms with Gasteiger partial charge in [-0.2, -0.15) is 12.1 Å². The van der Waals surface area contributed by atoms with Gasteiger partial charge < -0.3 is 17.7 Å². The van der Waals surface area contributed by atoms with E-state index in [4.69, 9.17) is 0 Å². The summed E-state index contributed by atoms with van der Waals surface area (Å²) in [5.74, 6) is 0. The summed E-state index contributed by atoms with van der Waals surface area (Å²) in [5.41, 5.74) is 1.08. The molecule has 0 saturated carbocycles. The Morgan fingerprint density at radius 2 is 2.00 bits per heavy atom. The van der Waals surface area contributed by atoms with Crippen molar-refractivity contribution >= 4 is 6.08 Å². The van der Waals surface area contributed by atoms with Gasteiger partial charge in [-0.3, -0.25) is 0 Å². The zero-order chi connectivity index (χ0) is 8.53. The summed E-state index contributed by atoms with van der Waals surface area (Å²) in [6.07, 6.45) is 4.83. The van der Waals surface area contributed by atoms with E-state index < -0.39 is 0 Å². The van der Waals surface area contributed by atoms with Crippen LogP contribution in [0.1, 0.15) is 26.3 Å². The number of rotatable bonds is 1. The maximum absolute atomic E-state index is 3.05. The number of hydrogen-bond acceptors (Lipinski definition) is 0. The molecule has 0 fully saturated rings.